The highest BCUT2D eigenvalue weighted by molar-refractivity contribution is 5.96. The van der Waals surface area contributed by atoms with Gasteiger partial charge in [0.05, 0.1) is 6.10 Å². The molecule has 1 aromatic rings. The van der Waals surface area contributed by atoms with Crippen LogP contribution >= 0.6 is 0 Å². The fourth-order valence-electron chi connectivity index (χ4n) is 2.75. The molecule has 21 heavy (non-hydrogen) atoms. The Hall–Kier alpha value is -1.55. The minimum absolute atomic E-state index is 0.143. The molecular formula is C17H26N2O2. The summed E-state index contributed by atoms with van der Waals surface area (Å²) in [5, 5.41) is 3.35. The third kappa shape index (κ3) is 3.97. The number of ether oxygens (including phenoxy) is 1. The van der Waals surface area contributed by atoms with Crippen molar-refractivity contribution in [3.8, 4) is 0 Å². The second-order valence-corrected chi connectivity index (χ2v) is 5.68. The molecular weight excluding hydrogens is 264 g/mol. The lowest BCUT2D eigenvalue weighted by molar-refractivity contribution is 0.0350. The minimum atomic E-state index is 0.143. The summed E-state index contributed by atoms with van der Waals surface area (Å²) in [4.78, 5) is 14.5. The smallest absolute Gasteiger partial charge is 0.254 e. The first-order chi connectivity index (χ1) is 10.2. The van der Waals surface area contributed by atoms with Crippen LogP contribution in [0, 0.1) is 6.92 Å². The number of likely N-dealkylation sites (tertiary alicyclic amines) is 1. The van der Waals surface area contributed by atoms with Gasteiger partial charge in [0.15, 0.2) is 0 Å². The summed E-state index contributed by atoms with van der Waals surface area (Å²) in [6, 6.07) is 6.00. The largest absolute Gasteiger partial charge is 0.385 e. The van der Waals surface area contributed by atoms with E-state index < -0.39 is 0 Å². The highest BCUT2D eigenvalue weighted by Crippen LogP contribution is 2.20. The molecule has 1 aliphatic heterocycles. The molecule has 1 heterocycles. The fraction of sp³-hybridized carbons (Fsp3) is 0.588. The van der Waals surface area contributed by atoms with Crippen LogP contribution in [0.3, 0.4) is 0 Å². The Morgan fingerprint density at radius 1 is 1.38 bits per heavy atom. The van der Waals surface area contributed by atoms with Crippen molar-refractivity contribution in [2.24, 2.45) is 0 Å². The predicted octanol–water partition coefficient (Wildman–Crippen LogP) is 3.07. The molecule has 0 aliphatic carbocycles. The van der Waals surface area contributed by atoms with Crippen LogP contribution in [0.1, 0.15) is 42.1 Å². The highest BCUT2D eigenvalue weighted by atomic mass is 16.5. The standard InChI is InChI=1S/C17H26N2O2/c1-4-9-18-14-5-6-16(13(2)12-14)17(20)19-10-7-15(21-3)8-11-19/h5-6,12,15,18H,4,7-11H2,1-3H3. The number of aryl methyl sites for hydroxylation is 1. The molecule has 116 valence electrons. The van der Waals surface area contributed by atoms with E-state index in [4.69, 9.17) is 4.74 Å². The normalized spacial score (nSPS) is 16.0. The molecule has 0 spiro atoms. The zero-order valence-electron chi connectivity index (χ0n) is 13.3. The maximum Gasteiger partial charge on any atom is 0.254 e. The van der Waals surface area contributed by atoms with E-state index in [0.29, 0.717) is 6.10 Å². The number of nitrogens with zero attached hydrogens (tertiary/aromatic N) is 1. The van der Waals surface area contributed by atoms with Gasteiger partial charge in [-0.3, -0.25) is 4.79 Å². The van der Waals surface area contributed by atoms with Gasteiger partial charge in [-0.15, -0.1) is 0 Å². The predicted molar refractivity (Wildman–Crippen MR) is 85.9 cm³/mol. The molecule has 0 atom stereocenters. The van der Waals surface area contributed by atoms with Crippen LogP contribution < -0.4 is 5.32 Å². The van der Waals surface area contributed by atoms with Crippen LogP contribution in [0.5, 0.6) is 0 Å². The van der Waals surface area contributed by atoms with E-state index in [1.54, 1.807) is 7.11 Å². The molecule has 1 amide bonds. The van der Waals surface area contributed by atoms with Gasteiger partial charge in [-0.1, -0.05) is 6.92 Å². The third-order valence-electron chi connectivity index (χ3n) is 4.10. The van der Waals surface area contributed by atoms with Crippen LogP contribution in [0.15, 0.2) is 18.2 Å². The molecule has 1 N–H and O–H groups in total. The van der Waals surface area contributed by atoms with Gasteiger partial charge in [-0.05, 0) is 49.9 Å². The van der Waals surface area contributed by atoms with Gasteiger partial charge in [-0.2, -0.15) is 0 Å². The molecule has 1 saturated heterocycles. The lowest BCUT2D eigenvalue weighted by Crippen LogP contribution is -2.40. The maximum absolute atomic E-state index is 12.6. The molecule has 0 saturated carbocycles. The number of rotatable bonds is 5. The van der Waals surface area contributed by atoms with Crippen molar-refractivity contribution in [1.29, 1.82) is 0 Å². The van der Waals surface area contributed by atoms with E-state index in [9.17, 15) is 4.79 Å². The second kappa shape index (κ2) is 7.46. The molecule has 0 unspecified atom stereocenters. The van der Waals surface area contributed by atoms with Crippen molar-refractivity contribution in [3.05, 3.63) is 29.3 Å². The highest BCUT2D eigenvalue weighted by Gasteiger charge is 2.24. The van der Waals surface area contributed by atoms with Gasteiger partial charge in [0.2, 0.25) is 0 Å². The summed E-state index contributed by atoms with van der Waals surface area (Å²) in [5.74, 6) is 0.143. The van der Waals surface area contributed by atoms with Gasteiger partial charge >= 0.3 is 0 Å². The van der Waals surface area contributed by atoms with Crippen molar-refractivity contribution in [1.82, 2.24) is 4.90 Å². The number of piperidine rings is 1. The first-order valence-corrected chi connectivity index (χ1v) is 7.82. The van der Waals surface area contributed by atoms with E-state index >= 15 is 0 Å². The van der Waals surface area contributed by atoms with Gasteiger partial charge < -0.3 is 15.0 Å². The van der Waals surface area contributed by atoms with Crippen LogP contribution in [0.4, 0.5) is 5.69 Å². The molecule has 4 heteroatoms. The average Bonchev–Trinajstić information content (AvgIpc) is 2.52. The van der Waals surface area contributed by atoms with Gasteiger partial charge in [0.25, 0.3) is 5.91 Å². The molecule has 1 aromatic carbocycles. The van der Waals surface area contributed by atoms with Crippen LogP contribution in [-0.4, -0.2) is 43.7 Å². The van der Waals surface area contributed by atoms with Crippen molar-refractivity contribution in [3.63, 3.8) is 0 Å². The molecule has 0 aromatic heterocycles. The number of hydrogen-bond donors (Lipinski definition) is 1. The minimum Gasteiger partial charge on any atom is -0.385 e. The monoisotopic (exact) mass is 290 g/mol. The lowest BCUT2D eigenvalue weighted by Gasteiger charge is -2.31. The van der Waals surface area contributed by atoms with E-state index in [1.165, 1.54) is 0 Å². The summed E-state index contributed by atoms with van der Waals surface area (Å²) < 4.78 is 5.36. The zero-order chi connectivity index (χ0) is 15.2. The number of carbonyl (C=O) groups is 1. The first-order valence-electron chi connectivity index (χ1n) is 7.82. The Kier molecular flexibility index (Phi) is 5.62. The average molecular weight is 290 g/mol. The molecule has 4 nitrogen and oxygen atoms in total. The van der Waals surface area contributed by atoms with Gasteiger partial charge in [0, 0.05) is 38.0 Å². The molecule has 0 radical (unpaired) electrons. The van der Waals surface area contributed by atoms with Crippen LogP contribution in [-0.2, 0) is 4.74 Å². The molecule has 1 fully saturated rings. The number of anilines is 1. The topological polar surface area (TPSA) is 41.6 Å². The molecule has 2 rings (SSSR count). The fourth-order valence-corrected chi connectivity index (χ4v) is 2.75. The Morgan fingerprint density at radius 2 is 2.10 bits per heavy atom. The lowest BCUT2D eigenvalue weighted by atomic mass is 10.0. The second-order valence-electron chi connectivity index (χ2n) is 5.68. The molecule has 1 aliphatic rings. The summed E-state index contributed by atoms with van der Waals surface area (Å²) in [5.41, 5.74) is 2.94. The van der Waals surface area contributed by atoms with E-state index in [0.717, 1.165) is 55.7 Å². The van der Waals surface area contributed by atoms with Crippen molar-refractivity contribution in [2.75, 3.05) is 32.1 Å². The maximum atomic E-state index is 12.6. The van der Waals surface area contributed by atoms with E-state index in [2.05, 4.69) is 18.3 Å². The van der Waals surface area contributed by atoms with Crippen molar-refractivity contribution in [2.45, 2.75) is 39.2 Å². The Morgan fingerprint density at radius 3 is 2.67 bits per heavy atom. The summed E-state index contributed by atoms with van der Waals surface area (Å²) >= 11 is 0. The third-order valence-corrected chi connectivity index (χ3v) is 4.10. The Labute approximate surface area is 127 Å². The summed E-state index contributed by atoms with van der Waals surface area (Å²) in [6.45, 7) is 6.67. The van der Waals surface area contributed by atoms with Crippen LogP contribution in [0.25, 0.3) is 0 Å². The van der Waals surface area contributed by atoms with E-state index in [-0.39, 0.29) is 5.91 Å². The quantitative estimate of drug-likeness (QED) is 0.906. The van der Waals surface area contributed by atoms with Crippen LogP contribution in [0.2, 0.25) is 0 Å². The van der Waals surface area contributed by atoms with Crippen molar-refractivity contribution >= 4 is 11.6 Å². The Balaban J connectivity index is 2.02. The number of hydrogen-bond acceptors (Lipinski definition) is 3. The number of carbonyl (C=O) groups excluding carboxylic acids is 1. The van der Waals surface area contributed by atoms with Gasteiger partial charge in [-0.25, -0.2) is 0 Å². The summed E-state index contributed by atoms with van der Waals surface area (Å²) in [6.07, 6.45) is 3.25. The van der Waals surface area contributed by atoms with E-state index in [1.807, 2.05) is 24.0 Å². The Bertz CT molecular complexity index is 480. The number of nitrogens with one attached hydrogen (secondary N) is 1. The number of benzene rings is 1. The first kappa shape index (κ1) is 15.8. The number of methoxy groups -OCH3 is 1. The summed E-state index contributed by atoms with van der Waals surface area (Å²) in [7, 11) is 1.74. The van der Waals surface area contributed by atoms with Crippen molar-refractivity contribution < 1.29 is 9.53 Å². The SMILES string of the molecule is CCCNc1ccc(C(=O)N2CCC(OC)CC2)c(C)c1. The van der Waals surface area contributed by atoms with Gasteiger partial charge in [0.1, 0.15) is 0 Å². The number of amides is 1. The molecule has 0 bridgehead atoms. The zero-order valence-corrected chi connectivity index (χ0v) is 13.3.